The van der Waals surface area contributed by atoms with Crippen LogP contribution in [0.1, 0.15) is 31.8 Å². The Balaban J connectivity index is 1.56. The molecule has 144 valence electrons. The zero-order valence-electron chi connectivity index (χ0n) is 16.0. The van der Waals surface area contributed by atoms with Gasteiger partial charge in [-0.3, -0.25) is 4.79 Å². The molecule has 0 aromatic heterocycles. The van der Waals surface area contributed by atoms with Crippen molar-refractivity contribution in [3.05, 3.63) is 94.7 Å². The number of hydrogen-bond donors (Lipinski definition) is 0. The lowest BCUT2D eigenvalue weighted by Crippen LogP contribution is -2.08. The van der Waals surface area contributed by atoms with Crippen LogP contribution in [0.3, 0.4) is 0 Å². The van der Waals surface area contributed by atoms with Crippen LogP contribution in [0.4, 0.5) is 0 Å². The van der Waals surface area contributed by atoms with Gasteiger partial charge in [0.15, 0.2) is 5.76 Å². The molecule has 29 heavy (non-hydrogen) atoms. The summed E-state index contributed by atoms with van der Waals surface area (Å²) >= 11 is 0. The highest BCUT2D eigenvalue weighted by molar-refractivity contribution is 6.14. The summed E-state index contributed by atoms with van der Waals surface area (Å²) in [4.78, 5) is 25.0. The van der Waals surface area contributed by atoms with Crippen LogP contribution in [-0.2, 0) is 0 Å². The van der Waals surface area contributed by atoms with Crippen LogP contribution in [0, 0.1) is 6.92 Å². The zero-order valence-corrected chi connectivity index (χ0v) is 16.0. The molecular weight excluding hydrogens is 368 g/mol. The SMILES string of the molecule is COc1cccc(C(=O)Oc2ccc3c(c2)OC(=Cc2ccccc2C)C3=O)c1. The molecule has 0 fully saturated rings. The van der Waals surface area contributed by atoms with Crippen molar-refractivity contribution in [1.29, 1.82) is 0 Å². The second kappa shape index (κ2) is 7.64. The van der Waals surface area contributed by atoms with E-state index in [1.54, 1.807) is 48.5 Å². The number of hydrogen-bond acceptors (Lipinski definition) is 5. The molecule has 1 heterocycles. The lowest BCUT2D eigenvalue weighted by atomic mass is 10.1. The lowest BCUT2D eigenvalue weighted by Gasteiger charge is -2.07. The van der Waals surface area contributed by atoms with Gasteiger partial charge in [-0.05, 0) is 54.5 Å². The number of esters is 1. The zero-order chi connectivity index (χ0) is 20.4. The summed E-state index contributed by atoms with van der Waals surface area (Å²) in [5.41, 5.74) is 2.75. The third-order valence-corrected chi connectivity index (χ3v) is 4.63. The predicted octanol–water partition coefficient (Wildman–Crippen LogP) is 4.84. The molecule has 0 atom stereocenters. The maximum Gasteiger partial charge on any atom is 0.343 e. The van der Waals surface area contributed by atoms with Gasteiger partial charge in [-0.1, -0.05) is 30.3 Å². The molecular formula is C24H18O5. The minimum Gasteiger partial charge on any atom is -0.497 e. The number of carbonyl (C=O) groups excluding carboxylic acids is 2. The van der Waals surface area contributed by atoms with Gasteiger partial charge in [-0.2, -0.15) is 0 Å². The van der Waals surface area contributed by atoms with E-state index in [0.29, 0.717) is 28.4 Å². The first-order chi connectivity index (χ1) is 14.0. The number of ketones is 1. The first kappa shape index (κ1) is 18.5. The van der Waals surface area contributed by atoms with Gasteiger partial charge in [-0.15, -0.1) is 0 Å². The number of carbonyl (C=O) groups is 2. The van der Waals surface area contributed by atoms with Crippen molar-refractivity contribution in [3.8, 4) is 17.2 Å². The quantitative estimate of drug-likeness (QED) is 0.365. The molecule has 1 aliphatic rings. The van der Waals surface area contributed by atoms with Crippen LogP contribution in [0.5, 0.6) is 17.2 Å². The number of allylic oxidation sites excluding steroid dienone is 1. The van der Waals surface area contributed by atoms with E-state index < -0.39 is 5.97 Å². The smallest absolute Gasteiger partial charge is 0.343 e. The van der Waals surface area contributed by atoms with Gasteiger partial charge in [0.25, 0.3) is 0 Å². The minimum absolute atomic E-state index is 0.200. The highest BCUT2D eigenvalue weighted by atomic mass is 16.5. The normalized spacial score (nSPS) is 13.7. The van der Waals surface area contributed by atoms with Crippen LogP contribution in [0.25, 0.3) is 6.08 Å². The summed E-state index contributed by atoms with van der Waals surface area (Å²) in [6.45, 7) is 1.97. The number of methoxy groups -OCH3 is 1. The molecule has 0 saturated heterocycles. The van der Waals surface area contributed by atoms with Crippen LogP contribution in [0.15, 0.2) is 72.5 Å². The second-order valence-corrected chi connectivity index (χ2v) is 6.58. The number of Topliss-reactive ketones (excluding diaryl/α,β-unsaturated/α-hetero) is 1. The lowest BCUT2D eigenvalue weighted by molar-refractivity contribution is 0.0734. The molecule has 0 saturated carbocycles. The molecule has 3 aromatic carbocycles. The maximum absolute atomic E-state index is 12.6. The molecule has 4 rings (SSSR count). The predicted molar refractivity (Wildman–Crippen MR) is 109 cm³/mol. The van der Waals surface area contributed by atoms with Gasteiger partial charge >= 0.3 is 5.97 Å². The molecule has 0 spiro atoms. The molecule has 0 bridgehead atoms. The van der Waals surface area contributed by atoms with E-state index in [4.69, 9.17) is 14.2 Å². The molecule has 0 radical (unpaired) electrons. The third kappa shape index (κ3) is 3.75. The van der Waals surface area contributed by atoms with Gasteiger partial charge in [0, 0.05) is 6.07 Å². The minimum atomic E-state index is -0.524. The number of rotatable bonds is 4. The second-order valence-electron chi connectivity index (χ2n) is 6.58. The van der Waals surface area contributed by atoms with Crippen molar-refractivity contribution in [2.45, 2.75) is 6.92 Å². The van der Waals surface area contributed by atoms with E-state index in [-0.39, 0.29) is 11.5 Å². The molecule has 0 unspecified atom stereocenters. The van der Waals surface area contributed by atoms with Gasteiger partial charge in [-0.25, -0.2) is 4.79 Å². The summed E-state index contributed by atoms with van der Waals surface area (Å²) < 4.78 is 16.3. The molecule has 5 heteroatoms. The Morgan fingerprint density at radius 2 is 1.79 bits per heavy atom. The number of ether oxygens (including phenoxy) is 3. The molecule has 0 amide bonds. The Bertz CT molecular complexity index is 1140. The summed E-state index contributed by atoms with van der Waals surface area (Å²) in [6, 6.07) is 19.1. The molecule has 0 aliphatic carbocycles. The van der Waals surface area contributed by atoms with E-state index in [1.807, 2.05) is 31.2 Å². The highest BCUT2D eigenvalue weighted by Gasteiger charge is 2.28. The number of benzene rings is 3. The largest absolute Gasteiger partial charge is 0.497 e. The third-order valence-electron chi connectivity index (χ3n) is 4.63. The van der Waals surface area contributed by atoms with Crippen molar-refractivity contribution < 1.29 is 23.8 Å². The Kier molecular flexibility index (Phi) is 4.87. The Hall–Kier alpha value is -3.86. The molecule has 3 aromatic rings. The van der Waals surface area contributed by atoms with Crippen LogP contribution in [-0.4, -0.2) is 18.9 Å². The van der Waals surface area contributed by atoms with E-state index >= 15 is 0 Å². The first-order valence-electron chi connectivity index (χ1n) is 9.05. The van der Waals surface area contributed by atoms with Crippen molar-refractivity contribution in [3.63, 3.8) is 0 Å². The average Bonchev–Trinajstić information content (AvgIpc) is 3.04. The van der Waals surface area contributed by atoms with Crippen LogP contribution >= 0.6 is 0 Å². The van der Waals surface area contributed by atoms with Crippen molar-refractivity contribution in [1.82, 2.24) is 0 Å². The Morgan fingerprint density at radius 1 is 0.966 bits per heavy atom. The Labute approximate surface area is 168 Å². The highest BCUT2D eigenvalue weighted by Crippen LogP contribution is 2.35. The van der Waals surface area contributed by atoms with E-state index in [9.17, 15) is 9.59 Å². The summed E-state index contributed by atoms with van der Waals surface area (Å²) in [7, 11) is 1.53. The fourth-order valence-corrected chi connectivity index (χ4v) is 3.04. The van der Waals surface area contributed by atoms with Crippen molar-refractivity contribution in [2.24, 2.45) is 0 Å². The Morgan fingerprint density at radius 3 is 2.59 bits per heavy atom. The monoisotopic (exact) mass is 386 g/mol. The molecule has 5 nitrogen and oxygen atoms in total. The van der Waals surface area contributed by atoms with Crippen molar-refractivity contribution >= 4 is 17.8 Å². The number of fused-ring (bicyclic) bond motifs is 1. The van der Waals surface area contributed by atoms with Gasteiger partial charge < -0.3 is 14.2 Å². The number of aryl methyl sites for hydroxylation is 1. The van der Waals surface area contributed by atoms with Gasteiger partial charge in [0.05, 0.1) is 18.2 Å². The standard InChI is InChI=1S/C24H18O5/c1-15-6-3-4-7-16(15)13-22-23(25)20-11-10-19(14-21(20)29-22)28-24(26)17-8-5-9-18(12-17)27-2/h3-14H,1-2H3. The van der Waals surface area contributed by atoms with Crippen LogP contribution in [0.2, 0.25) is 0 Å². The molecule has 0 N–H and O–H groups in total. The maximum atomic E-state index is 12.6. The first-order valence-corrected chi connectivity index (χ1v) is 9.05. The topological polar surface area (TPSA) is 61.8 Å². The summed E-state index contributed by atoms with van der Waals surface area (Å²) in [6.07, 6.45) is 1.72. The van der Waals surface area contributed by atoms with E-state index in [1.165, 1.54) is 7.11 Å². The van der Waals surface area contributed by atoms with Gasteiger partial charge in [0.1, 0.15) is 17.2 Å². The fraction of sp³-hybridized carbons (Fsp3) is 0.0833. The fourth-order valence-electron chi connectivity index (χ4n) is 3.04. The van der Waals surface area contributed by atoms with E-state index in [2.05, 4.69) is 0 Å². The van der Waals surface area contributed by atoms with E-state index in [0.717, 1.165) is 11.1 Å². The van der Waals surface area contributed by atoms with Crippen molar-refractivity contribution in [2.75, 3.05) is 7.11 Å². The molecule has 1 aliphatic heterocycles. The summed E-state index contributed by atoms with van der Waals surface area (Å²) in [5, 5.41) is 0. The van der Waals surface area contributed by atoms with Gasteiger partial charge in [0.2, 0.25) is 5.78 Å². The summed E-state index contributed by atoms with van der Waals surface area (Å²) in [5.74, 6) is 0.740. The average molecular weight is 386 g/mol. The van der Waals surface area contributed by atoms with Crippen LogP contribution < -0.4 is 14.2 Å².